The maximum absolute atomic E-state index is 12.6. The van der Waals surface area contributed by atoms with Crippen molar-refractivity contribution in [2.75, 3.05) is 13.1 Å². The van der Waals surface area contributed by atoms with Gasteiger partial charge in [-0.25, -0.2) is 0 Å². The number of nitrogens with zero attached hydrogens (tertiary/aromatic N) is 2. The Balaban J connectivity index is 1.18. The number of hydrogen-bond donors (Lipinski definition) is 1. The summed E-state index contributed by atoms with van der Waals surface area (Å²) in [5.41, 5.74) is 4.61. The van der Waals surface area contributed by atoms with Crippen LogP contribution in [0.3, 0.4) is 0 Å². The quantitative estimate of drug-likeness (QED) is 0.499. The molecule has 180 valence electrons. The van der Waals surface area contributed by atoms with Crippen LogP contribution in [0.4, 0.5) is 0 Å². The Labute approximate surface area is 211 Å². The van der Waals surface area contributed by atoms with Gasteiger partial charge >= 0.3 is 0 Å². The molecule has 4 nitrogen and oxygen atoms in total. The Hall–Kier alpha value is -2.53. The summed E-state index contributed by atoms with van der Waals surface area (Å²) in [6.07, 6.45) is 12.2. The molecule has 1 amide bonds. The number of likely N-dealkylation sites (tertiary alicyclic amines) is 1. The highest BCUT2D eigenvalue weighted by atomic mass is 32.2. The molecular formula is C30H32N2O2S. The minimum atomic E-state index is -0.129. The zero-order valence-electron chi connectivity index (χ0n) is 20.1. The van der Waals surface area contributed by atoms with Gasteiger partial charge in [-0.15, -0.1) is 0 Å². The summed E-state index contributed by atoms with van der Waals surface area (Å²) in [5, 5.41) is 11.8. The second-order valence-corrected chi connectivity index (χ2v) is 12.6. The highest BCUT2D eigenvalue weighted by Gasteiger charge is 2.52. The monoisotopic (exact) mass is 484 g/mol. The van der Waals surface area contributed by atoms with E-state index >= 15 is 0 Å². The van der Waals surface area contributed by atoms with Crippen molar-refractivity contribution >= 4 is 28.9 Å². The summed E-state index contributed by atoms with van der Waals surface area (Å²) >= 11 is 1.50. The molecule has 4 bridgehead atoms. The number of phenolic OH excluding ortho intramolecular Hbond substituents is 1. The molecule has 8 rings (SSSR count). The molecule has 2 heterocycles. The van der Waals surface area contributed by atoms with Crippen LogP contribution in [0.25, 0.3) is 17.2 Å². The number of thioether (sulfide) groups is 1. The molecule has 6 aliphatic rings. The molecule has 0 unspecified atom stereocenters. The molecule has 5 heteroatoms. The molecule has 1 N–H and O–H groups in total. The van der Waals surface area contributed by atoms with Gasteiger partial charge in [0.15, 0.2) is 5.17 Å². The molecular weight excluding hydrogens is 452 g/mol. The van der Waals surface area contributed by atoms with Crippen molar-refractivity contribution in [1.29, 1.82) is 0 Å². The van der Waals surface area contributed by atoms with Gasteiger partial charge in [-0.3, -0.25) is 4.79 Å². The van der Waals surface area contributed by atoms with Crippen LogP contribution >= 0.6 is 11.8 Å². The third-order valence-corrected chi connectivity index (χ3v) is 10.2. The molecule has 0 radical (unpaired) electrons. The first kappa shape index (κ1) is 21.7. The van der Waals surface area contributed by atoms with Crippen molar-refractivity contribution in [3.05, 3.63) is 58.5 Å². The number of benzene rings is 2. The number of hydrogen-bond acceptors (Lipinski definition) is 4. The fraction of sp³-hybridized carbons (Fsp3) is 0.467. The molecule has 4 saturated carbocycles. The van der Waals surface area contributed by atoms with E-state index in [1.54, 1.807) is 0 Å². The van der Waals surface area contributed by atoms with Gasteiger partial charge in [0.1, 0.15) is 5.75 Å². The van der Waals surface area contributed by atoms with Gasteiger partial charge in [-0.05, 0) is 127 Å². The van der Waals surface area contributed by atoms with Gasteiger partial charge in [0.2, 0.25) is 0 Å². The molecule has 2 aromatic carbocycles. The topological polar surface area (TPSA) is 52.9 Å². The third kappa shape index (κ3) is 3.83. The normalized spacial score (nSPS) is 32.6. The van der Waals surface area contributed by atoms with Crippen LogP contribution in [0.5, 0.6) is 5.75 Å². The maximum Gasteiger partial charge on any atom is 0.286 e. The van der Waals surface area contributed by atoms with E-state index in [-0.39, 0.29) is 11.3 Å². The van der Waals surface area contributed by atoms with E-state index < -0.39 is 0 Å². The molecule has 35 heavy (non-hydrogen) atoms. The molecule has 5 fully saturated rings. The Morgan fingerprint density at radius 1 is 0.943 bits per heavy atom. The Morgan fingerprint density at radius 2 is 1.63 bits per heavy atom. The lowest BCUT2D eigenvalue weighted by atomic mass is 9.48. The first-order valence-corrected chi connectivity index (χ1v) is 14.1. The zero-order chi connectivity index (χ0) is 23.6. The Bertz CT molecular complexity index is 1220. The van der Waals surface area contributed by atoms with E-state index in [9.17, 15) is 9.90 Å². The number of carbonyl (C=O) groups is 1. The average molecular weight is 485 g/mol. The summed E-state index contributed by atoms with van der Waals surface area (Å²) in [4.78, 5) is 19.8. The highest BCUT2D eigenvalue weighted by molar-refractivity contribution is 8.18. The summed E-state index contributed by atoms with van der Waals surface area (Å²) in [6.45, 7) is 1.99. The smallest absolute Gasteiger partial charge is 0.286 e. The number of amidine groups is 1. The summed E-state index contributed by atoms with van der Waals surface area (Å²) < 4.78 is 0. The first-order chi connectivity index (χ1) is 17.0. The van der Waals surface area contributed by atoms with E-state index in [1.807, 2.05) is 18.2 Å². The average Bonchev–Trinajstić information content (AvgIpc) is 3.49. The standard InChI is InChI=1S/C30H32N2O2S/c33-26-7-6-24(15-25(26)30-16-20-10-21(17-30)12-22(11-20)18-30)23-5-3-4-19(13-23)14-27-28(34)31-29(35-27)32-8-1-2-9-32/h3-7,13-15,20-22,33H,1-2,8-12,16-18H2. The minimum absolute atomic E-state index is 0.129. The zero-order valence-corrected chi connectivity index (χ0v) is 20.9. The summed E-state index contributed by atoms with van der Waals surface area (Å²) in [7, 11) is 0. The molecule has 2 aliphatic heterocycles. The Morgan fingerprint density at radius 3 is 2.34 bits per heavy atom. The van der Waals surface area contributed by atoms with Crippen molar-refractivity contribution in [3.8, 4) is 16.9 Å². The van der Waals surface area contributed by atoms with Crippen molar-refractivity contribution in [3.63, 3.8) is 0 Å². The van der Waals surface area contributed by atoms with Crippen molar-refractivity contribution in [2.45, 2.75) is 56.8 Å². The van der Waals surface area contributed by atoms with Crippen LogP contribution < -0.4 is 0 Å². The Kier molecular flexibility index (Phi) is 5.13. The second-order valence-electron chi connectivity index (χ2n) is 11.6. The van der Waals surface area contributed by atoms with Crippen LogP contribution in [-0.4, -0.2) is 34.2 Å². The van der Waals surface area contributed by atoms with E-state index in [1.165, 1.54) is 68.7 Å². The van der Waals surface area contributed by atoms with Gasteiger partial charge in [-0.2, -0.15) is 4.99 Å². The predicted molar refractivity (Wildman–Crippen MR) is 142 cm³/mol. The number of carbonyl (C=O) groups excluding carboxylic acids is 1. The number of amides is 1. The van der Waals surface area contributed by atoms with E-state index in [4.69, 9.17) is 0 Å². The van der Waals surface area contributed by atoms with Crippen molar-refractivity contribution in [1.82, 2.24) is 4.90 Å². The molecule has 1 saturated heterocycles. The molecule has 2 aromatic rings. The first-order valence-electron chi connectivity index (χ1n) is 13.3. The molecule has 4 aliphatic carbocycles. The lowest BCUT2D eigenvalue weighted by molar-refractivity contribution is -0.113. The van der Waals surface area contributed by atoms with Crippen LogP contribution in [0.2, 0.25) is 0 Å². The van der Waals surface area contributed by atoms with Crippen molar-refractivity contribution < 1.29 is 9.90 Å². The van der Waals surface area contributed by atoms with Gasteiger partial charge in [-0.1, -0.05) is 24.3 Å². The van der Waals surface area contributed by atoms with E-state index in [2.05, 4.69) is 40.2 Å². The lowest BCUT2D eigenvalue weighted by Crippen LogP contribution is -2.48. The van der Waals surface area contributed by atoms with Gasteiger partial charge in [0.05, 0.1) is 4.91 Å². The summed E-state index contributed by atoms with van der Waals surface area (Å²) in [6, 6.07) is 14.6. The fourth-order valence-corrected chi connectivity index (χ4v) is 8.95. The van der Waals surface area contributed by atoms with Crippen LogP contribution in [0, 0.1) is 17.8 Å². The van der Waals surface area contributed by atoms with E-state index in [0.717, 1.165) is 52.7 Å². The molecule has 0 aromatic heterocycles. The van der Waals surface area contributed by atoms with Gasteiger partial charge < -0.3 is 10.0 Å². The molecule has 0 atom stereocenters. The van der Waals surface area contributed by atoms with Gasteiger partial charge in [0, 0.05) is 18.7 Å². The van der Waals surface area contributed by atoms with E-state index in [0.29, 0.717) is 10.7 Å². The van der Waals surface area contributed by atoms with Crippen LogP contribution in [0.1, 0.15) is 62.5 Å². The number of aliphatic imine (C=N–C) groups is 1. The largest absolute Gasteiger partial charge is 0.508 e. The maximum atomic E-state index is 12.6. The third-order valence-electron chi connectivity index (χ3n) is 9.11. The van der Waals surface area contributed by atoms with Crippen LogP contribution in [-0.2, 0) is 10.2 Å². The highest BCUT2D eigenvalue weighted by Crippen LogP contribution is 2.62. The summed E-state index contributed by atoms with van der Waals surface area (Å²) in [5.74, 6) is 2.86. The molecule has 0 spiro atoms. The second kappa shape index (κ2) is 8.26. The lowest BCUT2D eigenvalue weighted by Gasteiger charge is -2.57. The predicted octanol–water partition coefficient (Wildman–Crippen LogP) is 6.59. The van der Waals surface area contributed by atoms with Gasteiger partial charge in [0.25, 0.3) is 5.91 Å². The fourth-order valence-electron chi connectivity index (χ4n) is 7.98. The van der Waals surface area contributed by atoms with Crippen molar-refractivity contribution in [2.24, 2.45) is 22.7 Å². The SMILES string of the molecule is O=C1N=C(N2CCCC2)SC1=Cc1cccc(-c2ccc(O)c(C34CC5CC(CC(C5)C3)C4)c2)c1. The number of rotatable bonds is 3. The number of phenols is 1. The number of aromatic hydroxyl groups is 1. The minimum Gasteiger partial charge on any atom is -0.508 e. The van der Waals surface area contributed by atoms with Crippen LogP contribution in [0.15, 0.2) is 52.4 Å².